The van der Waals surface area contributed by atoms with Crippen molar-refractivity contribution in [3.05, 3.63) is 45.4 Å². The highest BCUT2D eigenvalue weighted by Crippen LogP contribution is 2.38. The van der Waals surface area contributed by atoms with E-state index in [9.17, 15) is 9.59 Å². The zero-order valence-electron chi connectivity index (χ0n) is 16.7. The molecule has 0 radical (unpaired) electrons. The Bertz CT molecular complexity index is 978. The second kappa shape index (κ2) is 9.45. The normalized spacial score (nSPS) is 13.4. The first-order valence-electron chi connectivity index (χ1n) is 9.21. The summed E-state index contributed by atoms with van der Waals surface area (Å²) in [7, 11) is 1.47. The second-order valence-corrected chi connectivity index (χ2v) is 7.52. The SMILES string of the molecule is COc1cc(Cl)c(C)cc1NC(=O)C(C)OC(=O)Cc1cc(Cl)c2c(c1)OCCO2. The van der Waals surface area contributed by atoms with Gasteiger partial charge in [-0.3, -0.25) is 9.59 Å². The topological polar surface area (TPSA) is 83.1 Å². The van der Waals surface area contributed by atoms with Gasteiger partial charge in [-0.15, -0.1) is 0 Å². The summed E-state index contributed by atoms with van der Waals surface area (Å²) in [6.07, 6.45) is -1.09. The van der Waals surface area contributed by atoms with Crippen LogP contribution in [-0.2, 0) is 20.7 Å². The van der Waals surface area contributed by atoms with Gasteiger partial charge in [-0.1, -0.05) is 23.2 Å². The van der Waals surface area contributed by atoms with Gasteiger partial charge < -0.3 is 24.3 Å². The molecular formula is C21H21Cl2NO6. The van der Waals surface area contributed by atoms with E-state index in [1.807, 2.05) is 0 Å². The van der Waals surface area contributed by atoms with E-state index in [0.717, 1.165) is 5.56 Å². The van der Waals surface area contributed by atoms with Crippen molar-refractivity contribution >= 4 is 40.8 Å². The fourth-order valence-electron chi connectivity index (χ4n) is 2.89. The van der Waals surface area contributed by atoms with Gasteiger partial charge in [-0.2, -0.15) is 0 Å². The Balaban J connectivity index is 1.62. The molecule has 1 N–H and O–H groups in total. The number of methoxy groups -OCH3 is 1. The monoisotopic (exact) mass is 453 g/mol. The predicted molar refractivity (Wildman–Crippen MR) is 113 cm³/mol. The quantitative estimate of drug-likeness (QED) is 0.659. The third kappa shape index (κ3) is 5.09. The van der Waals surface area contributed by atoms with Gasteiger partial charge in [0.25, 0.3) is 5.91 Å². The maximum Gasteiger partial charge on any atom is 0.311 e. The van der Waals surface area contributed by atoms with Gasteiger partial charge in [0.05, 0.1) is 24.2 Å². The first kappa shape index (κ1) is 22.1. The van der Waals surface area contributed by atoms with Crippen molar-refractivity contribution in [2.24, 2.45) is 0 Å². The zero-order valence-corrected chi connectivity index (χ0v) is 18.2. The summed E-state index contributed by atoms with van der Waals surface area (Å²) in [6.45, 7) is 4.11. The summed E-state index contributed by atoms with van der Waals surface area (Å²) in [5.74, 6) is 0.268. The summed E-state index contributed by atoms with van der Waals surface area (Å²) >= 11 is 12.3. The Hall–Kier alpha value is -2.64. The molecule has 9 heteroatoms. The van der Waals surface area contributed by atoms with Gasteiger partial charge in [-0.25, -0.2) is 0 Å². The molecule has 0 fully saturated rings. The fourth-order valence-corrected chi connectivity index (χ4v) is 3.33. The number of amides is 1. The lowest BCUT2D eigenvalue weighted by molar-refractivity contribution is -0.152. The van der Waals surface area contributed by atoms with E-state index >= 15 is 0 Å². The van der Waals surface area contributed by atoms with Gasteiger partial charge >= 0.3 is 5.97 Å². The highest BCUT2D eigenvalue weighted by atomic mass is 35.5. The van der Waals surface area contributed by atoms with E-state index in [1.165, 1.54) is 14.0 Å². The third-order valence-electron chi connectivity index (χ3n) is 4.42. The first-order chi connectivity index (χ1) is 14.3. The highest BCUT2D eigenvalue weighted by Gasteiger charge is 2.22. The average molecular weight is 454 g/mol. The molecule has 0 saturated carbocycles. The molecule has 7 nitrogen and oxygen atoms in total. The van der Waals surface area contributed by atoms with Gasteiger partial charge in [-0.05, 0) is 43.2 Å². The molecule has 0 aromatic heterocycles. The molecule has 30 heavy (non-hydrogen) atoms. The summed E-state index contributed by atoms with van der Waals surface area (Å²) < 4.78 is 21.5. The van der Waals surface area contributed by atoms with Gasteiger partial charge in [0.1, 0.15) is 19.0 Å². The smallest absolute Gasteiger partial charge is 0.311 e. The number of hydrogen-bond donors (Lipinski definition) is 1. The van der Waals surface area contributed by atoms with Crippen LogP contribution in [0.4, 0.5) is 5.69 Å². The van der Waals surface area contributed by atoms with Crippen LogP contribution in [0.5, 0.6) is 17.2 Å². The third-order valence-corrected chi connectivity index (χ3v) is 5.11. The Morgan fingerprint density at radius 2 is 1.87 bits per heavy atom. The molecule has 1 amide bonds. The van der Waals surface area contributed by atoms with E-state index in [1.54, 1.807) is 31.2 Å². The van der Waals surface area contributed by atoms with E-state index in [4.69, 9.17) is 42.1 Å². The van der Waals surface area contributed by atoms with Crippen LogP contribution in [0.2, 0.25) is 10.0 Å². The maximum absolute atomic E-state index is 12.5. The Labute approximate surface area is 184 Å². The van der Waals surface area contributed by atoms with Gasteiger partial charge in [0.2, 0.25) is 0 Å². The van der Waals surface area contributed by atoms with Crippen molar-refractivity contribution in [3.8, 4) is 17.2 Å². The number of carbonyl (C=O) groups is 2. The summed E-state index contributed by atoms with van der Waals surface area (Å²) in [4.78, 5) is 24.8. The number of halogens is 2. The van der Waals surface area contributed by atoms with E-state index in [-0.39, 0.29) is 6.42 Å². The van der Waals surface area contributed by atoms with Gasteiger partial charge in [0, 0.05) is 11.1 Å². The van der Waals surface area contributed by atoms with Crippen LogP contribution in [0, 0.1) is 6.92 Å². The van der Waals surface area contributed by atoms with Crippen LogP contribution in [0.15, 0.2) is 24.3 Å². The predicted octanol–water partition coefficient (Wildman–Crippen LogP) is 4.19. The minimum Gasteiger partial charge on any atom is -0.495 e. The minimum atomic E-state index is -1.02. The van der Waals surface area contributed by atoms with Crippen LogP contribution in [-0.4, -0.2) is 38.3 Å². The van der Waals surface area contributed by atoms with E-state index in [2.05, 4.69) is 5.32 Å². The number of nitrogens with one attached hydrogen (secondary N) is 1. The second-order valence-electron chi connectivity index (χ2n) is 6.70. The van der Waals surface area contributed by atoms with Crippen molar-refractivity contribution < 1.29 is 28.5 Å². The maximum atomic E-state index is 12.5. The van der Waals surface area contributed by atoms with Crippen molar-refractivity contribution in [2.45, 2.75) is 26.4 Å². The summed E-state index contributed by atoms with van der Waals surface area (Å²) in [6, 6.07) is 6.58. The number of rotatable bonds is 6. The number of hydrogen-bond acceptors (Lipinski definition) is 6. The Kier molecular flexibility index (Phi) is 6.95. The van der Waals surface area contributed by atoms with Gasteiger partial charge in [0.15, 0.2) is 17.6 Å². The largest absolute Gasteiger partial charge is 0.495 e. The molecule has 0 spiro atoms. The van der Waals surface area contributed by atoms with Crippen LogP contribution in [0.3, 0.4) is 0 Å². The fraction of sp³-hybridized carbons (Fsp3) is 0.333. The Morgan fingerprint density at radius 1 is 1.13 bits per heavy atom. The number of aryl methyl sites for hydroxylation is 1. The molecule has 1 atom stereocenters. The van der Waals surface area contributed by atoms with Crippen molar-refractivity contribution in [2.75, 3.05) is 25.6 Å². The van der Waals surface area contributed by atoms with Crippen molar-refractivity contribution in [1.82, 2.24) is 0 Å². The minimum absolute atomic E-state index is 0.0721. The average Bonchev–Trinajstić information content (AvgIpc) is 2.70. The molecule has 0 saturated heterocycles. The lowest BCUT2D eigenvalue weighted by Gasteiger charge is -2.20. The molecule has 3 rings (SSSR count). The zero-order chi connectivity index (χ0) is 21.8. The molecule has 0 aliphatic carbocycles. The number of benzene rings is 2. The molecule has 1 heterocycles. The molecular weight excluding hydrogens is 433 g/mol. The number of carbonyl (C=O) groups excluding carboxylic acids is 2. The first-order valence-corrected chi connectivity index (χ1v) is 9.96. The number of anilines is 1. The van der Waals surface area contributed by atoms with Crippen molar-refractivity contribution in [3.63, 3.8) is 0 Å². The van der Waals surface area contributed by atoms with Crippen LogP contribution < -0.4 is 19.5 Å². The summed E-state index contributed by atoms with van der Waals surface area (Å²) in [5, 5.41) is 3.56. The Morgan fingerprint density at radius 3 is 2.60 bits per heavy atom. The lowest BCUT2D eigenvalue weighted by Crippen LogP contribution is -2.30. The molecule has 2 aromatic rings. The molecule has 1 unspecified atom stereocenters. The standard InChI is InChI=1S/C21H21Cl2NO6/c1-11-6-16(17(27-3)10-14(11)22)24-21(26)12(2)30-19(25)9-13-7-15(23)20-18(8-13)28-4-5-29-20/h6-8,10,12H,4-5,9H2,1-3H3,(H,24,26). The van der Waals surface area contributed by atoms with Crippen LogP contribution in [0.1, 0.15) is 18.1 Å². The van der Waals surface area contributed by atoms with Crippen LogP contribution in [0.25, 0.3) is 0 Å². The van der Waals surface area contributed by atoms with E-state index < -0.39 is 18.0 Å². The van der Waals surface area contributed by atoms with Crippen molar-refractivity contribution in [1.29, 1.82) is 0 Å². The number of ether oxygens (including phenoxy) is 4. The number of esters is 1. The lowest BCUT2D eigenvalue weighted by atomic mass is 10.1. The molecule has 160 valence electrons. The molecule has 2 aromatic carbocycles. The highest BCUT2D eigenvalue weighted by molar-refractivity contribution is 6.32. The molecule has 0 bridgehead atoms. The molecule has 1 aliphatic heterocycles. The van der Waals surface area contributed by atoms with E-state index in [0.29, 0.717) is 51.8 Å². The molecule has 1 aliphatic rings. The summed E-state index contributed by atoms with van der Waals surface area (Å²) in [5.41, 5.74) is 1.80. The van der Waals surface area contributed by atoms with Crippen LogP contribution >= 0.6 is 23.2 Å². The number of fused-ring (bicyclic) bond motifs is 1.